The van der Waals surface area contributed by atoms with E-state index < -0.39 is 0 Å². The molecule has 1 fully saturated rings. The van der Waals surface area contributed by atoms with Crippen LogP contribution >= 0.6 is 35.6 Å². The van der Waals surface area contributed by atoms with Gasteiger partial charge in [0, 0.05) is 12.3 Å². The highest BCUT2D eigenvalue weighted by molar-refractivity contribution is 8.00. The molecule has 6 heteroatoms. The van der Waals surface area contributed by atoms with Gasteiger partial charge < -0.3 is 15.4 Å². The molecule has 1 aromatic rings. The van der Waals surface area contributed by atoms with Crippen molar-refractivity contribution in [1.29, 1.82) is 0 Å². The van der Waals surface area contributed by atoms with E-state index in [1.165, 1.54) is 5.56 Å². The Bertz CT molecular complexity index is 454. The minimum absolute atomic E-state index is 0.184. The number of hydrogen-bond donors (Lipinski definition) is 1. The van der Waals surface area contributed by atoms with Crippen molar-refractivity contribution in [1.82, 2.24) is 4.90 Å². The lowest BCUT2D eigenvalue weighted by molar-refractivity contribution is 0.334. The molecule has 1 unspecified atom stereocenters. The molecular weight excluding hydrogens is 300 g/mol. The van der Waals surface area contributed by atoms with E-state index in [2.05, 4.69) is 24.0 Å². The summed E-state index contributed by atoms with van der Waals surface area (Å²) in [6, 6.07) is 8.05. The molecule has 19 heavy (non-hydrogen) atoms. The zero-order valence-corrected chi connectivity index (χ0v) is 13.2. The Labute approximate surface area is 128 Å². The molecule has 1 aliphatic heterocycles. The van der Waals surface area contributed by atoms with Gasteiger partial charge in [0.15, 0.2) is 5.11 Å². The Morgan fingerprint density at radius 2 is 2.21 bits per heavy atom. The van der Waals surface area contributed by atoms with Crippen LogP contribution in [0, 0.1) is 0 Å². The SMILES string of the molecule is CC1(c2ccc(OCCCl)cc2)SCCN1C(N)=S. The average Bonchev–Trinajstić information content (AvgIpc) is 2.80. The number of thiocarbonyl (C=S) groups is 1. The number of nitrogens with two attached hydrogens (primary N) is 1. The molecule has 0 radical (unpaired) electrons. The van der Waals surface area contributed by atoms with Gasteiger partial charge >= 0.3 is 0 Å². The Hall–Kier alpha value is -0.650. The molecule has 1 aromatic carbocycles. The minimum atomic E-state index is -0.184. The second-order valence-corrected chi connectivity index (χ2v) is 6.67. The molecule has 3 nitrogen and oxygen atoms in total. The molecule has 2 N–H and O–H groups in total. The number of nitrogens with zero attached hydrogens (tertiary/aromatic N) is 1. The van der Waals surface area contributed by atoms with Crippen molar-refractivity contribution in [3.63, 3.8) is 0 Å². The first kappa shape index (κ1) is 14.8. The van der Waals surface area contributed by atoms with E-state index in [0.717, 1.165) is 18.0 Å². The van der Waals surface area contributed by atoms with Crippen molar-refractivity contribution in [2.45, 2.75) is 11.8 Å². The van der Waals surface area contributed by atoms with Crippen LogP contribution in [0.3, 0.4) is 0 Å². The third-order valence-corrected chi connectivity index (χ3v) is 4.99. The van der Waals surface area contributed by atoms with Gasteiger partial charge in [0.1, 0.15) is 17.2 Å². The van der Waals surface area contributed by atoms with Gasteiger partial charge in [-0.25, -0.2) is 0 Å². The van der Waals surface area contributed by atoms with Gasteiger partial charge in [0.2, 0.25) is 0 Å². The van der Waals surface area contributed by atoms with Crippen LogP contribution < -0.4 is 10.5 Å². The Kier molecular flexibility index (Phi) is 4.81. The number of rotatable bonds is 4. The second-order valence-electron chi connectivity index (χ2n) is 4.38. The molecule has 2 rings (SSSR count). The average molecular weight is 317 g/mol. The van der Waals surface area contributed by atoms with Gasteiger partial charge in [-0.1, -0.05) is 12.1 Å². The van der Waals surface area contributed by atoms with Crippen LogP contribution in [-0.2, 0) is 4.87 Å². The van der Waals surface area contributed by atoms with E-state index in [1.54, 1.807) is 0 Å². The smallest absolute Gasteiger partial charge is 0.167 e. The highest BCUT2D eigenvalue weighted by atomic mass is 35.5. The second kappa shape index (κ2) is 6.20. The van der Waals surface area contributed by atoms with Gasteiger partial charge in [-0.15, -0.1) is 23.4 Å². The maximum absolute atomic E-state index is 5.81. The first-order chi connectivity index (χ1) is 9.08. The van der Waals surface area contributed by atoms with E-state index in [4.69, 9.17) is 34.3 Å². The molecule has 1 saturated heterocycles. The van der Waals surface area contributed by atoms with Gasteiger partial charge in [0.25, 0.3) is 0 Å². The van der Waals surface area contributed by atoms with E-state index in [-0.39, 0.29) is 4.87 Å². The van der Waals surface area contributed by atoms with E-state index in [0.29, 0.717) is 17.6 Å². The van der Waals surface area contributed by atoms with Gasteiger partial charge in [0.05, 0.1) is 5.88 Å². The van der Waals surface area contributed by atoms with Crippen molar-refractivity contribution < 1.29 is 4.74 Å². The fourth-order valence-corrected chi connectivity index (χ4v) is 3.93. The minimum Gasteiger partial charge on any atom is -0.492 e. The van der Waals surface area contributed by atoms with Crippen LogP contribution in [0.1, 0.15) is 12.5 Å². The highest BCUT2D eigenvalue weighted by Gasteiger charge is 2.39. The summed E-state index contributed by atoms with van der Waals surface area (Å²) in [5.74, 6) is 2.35. The molecule has 0 spiro atoms. The van der Waals surface area contributed by atoms with Gasteiger partial charge in [-0.3, -0.25) is 0 Å². The van der Waals surface area contributed by atoms with Crippen molar-refractivity contribution in [3.8, 4) is 5.75 Å². The van der Waals surface area contributed by atoms with Crippen molar-refractivity contribution in [2.24, 2.45) is 5.73 Å². The van der Waals surface area contributed by atoms with E-state index in [9.17, 15) is 0 Å². The highest BCUT2D eigenvalue weighted by Crippen LogP contribution is 2.44. The third kappa shape index (κ3) is 3.09. The summed E-state index contributed by atoms with van der Waals surface area (Å²) in [4.78, 5) is 1.89. The quantitative estimate of drug-likeness (QED) is 0.683. The topological polar surface area (TPSA) is 38.5 Å². The number of thioether (sulfide) groups is 1. The molecule has 1 aliphatic rings. The zero-order valence-electron chi connectivity index (χ0n) is 10.8. The first-order valence-corrected chi connectivity index (χ1v) is 8.01. The third-order valence-electron chi connectivity index (χ3n) is 3.21. The van der Waals surface area contributed by atoms with Crippen LogP contribution in [0.4, 0.5) is 0 Å². The number of halogens is 1. The lowest BCUT2D eigenvalue weighted by Gasteiger charge is -2.35. The normalized spacial score (nSPS) is 22.5. The maximum Gasteiger partial charge on any atom is 0.167 e. The summed E-state index contributed by atoms with van der Waals surface area (Å²) in [5, 5.41) is 0.454. The molecule has 0 aromatic heterocycles. The number of hydrogen-bond acceptors (Lipinski definition) is 3. The molecule has 0 saturated carbocycles. The Balaban J connectivity index is 2.18. The summed E-state index contributed by atoms with van der Waals surface area (Å²) in [6.45, 7) is 3.56. The van der Waals surface area contributed by atoms with Gasteiger partial charge in [-0.05, 0) is 36.8 Å². The van der Waals surface area contributed by atoms with Crippen LogP contribution in [0.25, 0.3) is 0 Å². The number of ether oxygens (including phenoxy) is 1. The summed E-state index contributed by atoms with van der Waals surface area (Å²) in [7, 11) is 0. The fraction of sp³-hybridized carbons (Fsp3) is 0.462. The van der Waals surface area contributed by atoms with Crippen molar-refractivity contribution >= 4 is 40.7 Å². The van der Waals surface area contributed by atoms with Crippen molar-refractivity contribution in [3.05, 3.63) is 29.8 Å². The van der Waals surface area contributed by atoms with E-state index in [1.807, 2.05) is 23.9 Å². The molecule has 1 heterocycles. The molecule has 0 amide bonds. The number of benzene rings is 1. The summed E-state index contributed by atoms with van der Waals surface area (Å²) < 4.78 is 5.48. The standard InChI is InChI=1S/C13H17ClN2OS2/c1-13(16(12(15)18)7-9-19-13)10-2-4-11(5-3-10)17-8-6-14/h2-5H,6-9H2,1H3,(H2,15,18). The summed E-state index contributed by atoms with van der Waals surface area (Å²) >= 11 is 12.6. The molecule has 104 valence electrons. The van der Waals surface area contributed by atoms with Crippen molar-refractivity contribution in [2.75, 3.05) is 24.8 Å². The first-order valence-electron chi connectivity index (χ1n) is 6.08. The maximum atomic E-state index is 5.81. The monoisotopic (exact) mass is 316 g/mol. The summed E-state index contributed by atoms with van der Waals surface area (Å²) in [6.07, 6.45) is 0. The predicted octanol–water partition coefficient (Wildman–Crippen LogP) is 2.77. The zero-order chi connectivity index (χ0) is 13.9. The Morgan fingerprint density at radius 3 is 2.79 bits per heavy atom. The van der Waals surface area contributed by atoms with Crippen LogP contribution in [-0.4, -0.2) is 34.8 Å². The van der Waals surface area contributed by atoms with Crippen LogP contribution in [0.5, 0.6) is 5.75 Å². The van der Waals surface area contributed by atoms with E-state index >= 15 is 0 Å². The lowest BCUT2D eigenvalue weighted by atomic mass is 10.1. The van der Waals surface area contributed by atoms with Crippen LogP contribution in [0.2, 0.25) is 0 Å². The largest absolute Gasteiger partial charge is 0.492 e. The molecule has 1 atom stereocenters. The lowest BCUT2D eigenvalue weighted by Crippen LogP contribution is -2.44. The van der Waals surface area contributed by atoms with Crippen LogP contribution in [0.15, 0.2) is 24.3 Å². The molecule has 0 aliphatic carbocycles. The summed E-state index contributed by atoms with van der Waals surface area (Å²) in [5.41, 5.74) is 6.99. The Morgan fingerprint density at radius 1 is 1.53 bits per heavy atom. The molecular formula is C13H17ClN2OS2. The predicted molar refractivity (Wildman–Crippen MR) is 86.0 cm³/mol. The fourth-order valence-electron chi connectivity index (χ4n) is 2.20. The van der Waals surface area contributed by atoms with Gasteiger partial charge in [-0.2, -0.15) is 0 Å². The molecule has 0 bridgehead atoms. The number of alkyl halides is 1.